The molecular formula is C11H5Br2Cl2NO. The SMILES string of the molecule is Clc1ccc(Oc2ncc(Cl)cc2Br)c(Br)c1. The lowest BCUT2D eigenvalue weighted by Gasteiger charge is -2.08. The van der Waals surface area contributed by atoms with E-state index in [9.17, 15) is 0 Å². The fraction of sp³-hybridized carbons (Fsp3) is 0. The summed E-state index contributed by atoms with van der Waals surface area (Å²) in [5, 5.41) is 1.17. The van der Waals surface area contributed by atoms with Gasteiger partial charge in [-0.2, -0.15) is 0 Å². The van der Waals surface area contributed by atoms with E-state index in [1.165, 1.54) is 6.20 Å². The molecule has 0 atom stereocenters. The third-order valence-corrected chi connectivity index (χ3v) is 3.50. The lowest BCUT2D eigenvalue weighted by atomic mass is 10.3. The van der Waals surface area contributed by atoms with Gasteiger partial charge in [0.2, 0.25) is 5.88 Å². The molecular weight excluding hydrogens is 393 g/mol. The quantitative estimate of drug-likeness (QED) is 0.647. The molecule has 0 aliphatic rings. The van der Waals surface area contributed by atoms with Crippen molar-refractivity contribution in [2.75, 3.05) is 0 Å². The van der Waals surface area contributed by atoms with Crippen LogP contribution in [0.25, 0.3) is 0 Å². The van der Waals surface area contributed by atoms with Crippen molar-refractivity contribution >= 4 is 55.1 Å². The van der Waals surface area contributed by atoms with Crippen LogP contribution < -0.4 is 4.74 Å². The Morgan fingerprint density at radius 1 is 1.00 bits per heavy atom. The van der Waals surface area contributed by atoms with Crippen molar-refractivity contribution in [3.8, 4) is 11.6 Å². The maximum atomic E-state index is 5.84. The van der Waals surface area contributed by atoms with Gasteiger partial charge in [-0.3, -0.25) is 0 Å². The fourth-order valence-corrected chi connectivity index (χ4v) is 2.62. The number of nitrogens with zero attached hydrogens (tertiary/aromatic N) is 1. The number of ether oxygens (including phenoxy) is 1. The summed E-state index contributed by atoms with van der Waals surface area (Å²) in [6.45, 7) is 0. The summed E-state index contributed by atoms with van der Waals surface area (Å²) in [4.78, 5) is 4.08. The van der Waals surface area contributed by atoms with Gasteiger partial charge >= 0.3 is 0 Å². The van der Waals surface area contributed by atoms with E-state index in [4.69, 9.17) is 27.9 Å². The molecule has 0 aliphatic heterocycles. The largest absolute Gasteiger partial charge is 0.437 e. The van der Waals surface area contributed by atoms with Gasteiger partial charge in [0.1, 0.15) is 5.75 Å². The lowest BCUT2D eigenvalue weighted by Crippen LogP contribution is -1.90. The van der Waals surface area contributed by atoms with Crippen molar-refractivity contribution < 1.29 is 4.74 Å². The molecule has 6 heteroatoms. The Morgan fingerprint density at radius 3 is 2.35 bits per heavy atom. The molecule has 0 spiro atoms. The van der Waals surface area contributed by atoms with E-state index in [1.54, 1.807) is 24.3 Å². The summed E-state index contributed by atoms with van der Waals surface area (Å²) >= 11 is 18.3. The first kappa shape index (κ1) is 13.1. The molecule has 88 valence electrons. The monoisotopic (exact) mass is 395 g/mol. The second kappa shape index (κ2) is 5.57. The molecule has 1 heterocycles. The van der Waals surface area contributed by atoms with Crippen LogP contribution in [0.15, 0.2) is 39.4 Å². The Bertz CT molecular complexity index is 514. The molecule has 1 aromatic carbocycles. The first-order valence-electron chi connectivity index (χ1n) is 4.50. The number of hydrogen-bond donors (Lipinski definition) is 0. The van der Waals surface area contributed by atoms with Gasteiger partial charge in [0.15, 0.2) is 0 Å². The van der Waals surface area contributed by atoms with Gasteiger partial charge in [-0.15, -0.1) is 0 Å². The summed E-state index contributed by atoms with van der Waals surface area (Å²) in [7, 11) is 0. The summed E-state index contributed by atoms with van der Waals surface area (Å²) in [6, 6.07) is 6.97. The van der Waals surface area contributed by atoms with Crippen LogP contribution in [0.1, 0.15) is 0 Å². The molecule has 0 aliphatic carbocycles. The summed E-state index contributed by atoms with van der Waals surface area (Å²) in [5.74, 6) is 1.07. The number of benzene rings is 1. The maximum absolute atomic E-state index is 5.84. The Labute approximate surface area is 125 Å². The van der Waals surface area contributed by atoms with Gasteiger partial charge in [0.25, 0.3) is 0 Å². The van der Waals surface area contributed by atoms with Crippen LogP contribution >= 0.6 is 55.1 Å². The Hall–Kier alpha value is -0.290. The minimum Gasteiger partial charge on any atom is -0.437 e. The topological polar surface area (TPSA) is 22.1 Å². The molecule has 2 aromatic rings. The van der Waals surface area contributed by atoms with Crippen molar-refractivity contribution in [1.29, 1.82) is 0 Å². The Kier molecular flexibility index (Phi) is 4.31. The zero-order valence-corrected chi connectivity index (χ0v) is 12.9. The molecule has 0 unspecified atom stereocenters. The van der Waals surface area contributed by atoms with Gasteiger partial charge in [0.05, 0.1) is 14.0 Å². The van der Waals surface area contributed by atoms with Crippen molar-refractivity contribution in [1.82, 2.24) is 4.98 Å². The van der Waals surface area contributed by atoms with E-state index < -0.39 is 0 Å². The van der Waals surface area contributed by atoms with Crippen molar-refractivity contribution in [3.63, 3.8) is 0 Å². The van der Waals surface area contributed by atoms with Crippen LogP contribution in [0.3, 0.4) is 0 Å². The highest BCUT2D eigenvalue weighted by Crippen LogP contribution is 2.34. The summed E-state index contributed by atoms with van der Waals surface area (Å²) < 4.78 is 7.07. The molecule has 2 rings (SSSR count). The second-order valence-corrected chi connectivity index (χ2v) is 5.70. The van der Waals surface area contributed by atoms with Gasteiger partial charge < -0.3 is 4.74 Å². The van der Waals surface area contributed by atoms with Gasteiger partial charge in [0, 0.05) is 11.2 Å². The molecule has 2 nitrogen and oxygen atoms in total. The highest BCUT2D eigenvalue weighted by Gasteiger charge is 2.08. The lowest BCUT2D eigenvalue weighted by molar-refractivity contribution is 0.457. The first-order valence-corrected chi connectivity index (χ1v) is 6.84. The van der Waals surface area contributed by atoms with E-state index in [-0.39, 0.29) is 0 Å². The van der Waals surface area contributed by atoms with E-state index >= 15 is 0 Å². The minimum absolute atomic E-state index is 0.442. The van der Waals surface area contributed by atoms with Crippen LogP contribution in [0.4, 0.5) is 0 Å². The third-order valence-electron chi connectivity index (χ3n) is 1.87. The van der Waals surface area contributed by atoms with E-state index in [1.807, 2.05) is 0 Å². The average Bonchev–Trinajstić information content (AvgIpc) is 2.25. The smallest absolute Gasteiger partial charge is 0.233 e. The highest BCUT2D eigenvalue weighted by molar-refractivity contribution is 9.11. The molecule has 0 radical (unpaired) electrons. The number of hydrogen-bond acceptors (Lipinski definition) is 2. The molecule has 1 aromatic heterocycles. The second-order valence-electron chi connectivity index (χ2n) is 3.12. The van der Waals surface area contributed by atoms with E-state index in [0.717, 1.165) is 4.47 Å². The Balaban J connectivity index is 2.31. The molecule has 17 heavy (non-hydrogen) atoms. The number of rotatable bonds is 2. The summed E-state index contributed by atoms with van der Waals surface area (Å²) in [5.41, 5.74) is 0. The summed E-state index contributed by atoms with van der Waals surface area (Å²) in [6.07, 6.45) is 1.52. The predicted molar refractivity (Wildman–Crippen MR) is 76.2 cm³/mol. The van der Waals surface area contributed by atoms with Crippen LogP contribution in [0.5, 0.6) is 11.6 Å². The zero-order valence-electron chi connectivity index (χ0n) is 8.25. The number of pyridine rings is 1. The molecule has 0 bridgehead atoms. The predicted octanol–water partition coefficient (Wildman–Crippen LogP) is 5.71. The molecule has 0 saturated carbocycles. The maximum Gasteiger partial charge on any atom is 0.233 e. The van der Waals surface area contributed by atoms with Gasteiger partial charge in [-0.05, 0) is 56.1 Å². The Morgan fingerprint density at radius 2 is 1.71 bits per heavy atom. The molecule has 0 N–H and O–H groups in total. The van der Waals surface area contributed by atoms with Crippen molar-refractivity contribution in [3.05, 3.63) is 49.5 Å². The van der Waals surface area contributed by atoms with Crippen molar-refractivity contribution in [2.45, 2.75) is 0 Å². The van der Waals surface area contributed by atoms with Gasteiger partial charge in [-0.25, -0.2) is 4.98 Å². The molecule has 0 fully saturated rings. The van der Waals surface area contributed by atoms with E-state index in [0.29, 0.717) is 26.1 Å². The van der Waals surface area contributed by atoms with Crippen LogP contribution in [0, 0.1) is 0 Å². The molecule has 0 saturated heterocycles. The van der Waals surface area contributed by atoms with Crippen LogP contribution in [-0.4, -0.2) is 4.98 Å². The average molecular weight is 398 g/mol. The first-order chi connectivity index (χ1) is 8.06. The number of halogens is 4. The van der Waals surface area contributed by atoms with Crippen LogP contribution in [-0.2, 0) is 0 Å². The third kappa shape index (κ3) is 3.35. The van der Waals surface area contributed by atoms with E-state index in [2.05, 4.69) is 36.8 Å². The van der Waals surface area contributed by atoms with Crippen LogP contribution in [0.2, 0.25) is 10.0 Å². The molecule has 0 amide bonds. The van der Waals surface area contributed by atoms with Gasteiger partial charge in [-0.1, -0.05) is 23.2 Å². The zero-order chi connectivity index (χ0) is 12.4. The normalized spacial score (nSPS) is 10.4. The minimum atomic E-state index is 0.442. The standard InChI is InChI=1S/C11H5Br2Cl2NO/c12-8-3-6(14)1-2-10(8)17-11-9(13)4-7(15)5-16-11/h1-5H. The fourth-order valence-electron chi connectivity index (χ4n) is 1.14. The number of aromatic nitrogens is 1. The van der Waals surface area contributed by atoms with Crippen molar-refractivity contribution in [2.24, 2.45) is 0 Å². The highest BCUT2D eigenvalue weighted by atomic mass is 79.9.